The van der Waals surface area contributed by atoms with Gasteiger partial charge < -0.3 is 14.9 Å². The maximum atomic E-state index is 15.0. The van der Waals surface area contributed by atoms with E-state index in [1.54, 1.807) is 43.5 Å². The topological polar surface area (TPSA) is 109 Å². The lowest BCUT2D eigenvalue weighted by Gasteiger charge is -2.43. The van der Waals surface area contributed by atoms with Gasteiger partial charge in [-0.2, -0.15) is 4.98 Å². The second-order valence-electron chi connectivity index (χ2n) is 11.3. The summed E-state index contributed by atoms with van der Waals surface area (Å²) in [4.78, 5) is 39.2. The van der Waals surface area contributed by atoms with E-state index in [1.165, 1.54) is 15.5 Å². The lowest BCUT2D eigenvalue weighted by molar-refractivity contribution is 0.114. The Kier molecular flexibility index (Phi) is 8.32. The number of piperazine rings is 1. The molecule has 0 spiro atoms. The number of carboxylic acid groups (broad SMARTS) is 1. The molecular weight excluding hydrogens is 593 g/mol. The molecule has 2 aromatic carbocycles. The molecule has 1 amide bonds. The Labute approximate surface area is 256 Å². The van der Waals surface area contributed by atoms with E-state index in [0.717, 1.165) is 5.56 Å². The number of fused-ring (bicyclic) bond motifs is 1. The van der Waals surface area contributed by atoms with Crippen LogP contribution in [0.1, 0.15) is 44.7 Å². The van der Waals surface area contributed by atoms with Gasteiger partial charge in [-0.3, -0.25) is 4.21 Å². The van der Waals surface area contributed by atoms with E-state index in [-0.39, 0.29) is 46.5 Å². The van der Waals surface area contributed by atoms with Crippen LogP contribution >= 0.6 is 11.6 Å². The predicted octanol–water partition coefficient (Wildman–Crippen LogP) is 5.99. The Morgan fingerprint density at radius 2 is 1.81 bits per heavy atom. The van der Waals surface area contributed by atoms with E-state index < -0.39 is 28.4 Å². The first kappa shape index (κ1) is 30.6. The number of aromatic nitrogens is 3. The molecule has 0 saturated carbocycles. The van der Waals surface area contributed by atoms with E-state index >= 15 is 4.39 Å². The summed E-state index contributed by atoms with van der Waals surface area (Å²) in [5.74, 6) is -0.243. The summed E-state index contributed by atoms with van der Waals surface area (Å²) in [6, 6.07) is 10.7. The Bertz CT molecular complexity index is 1850. The van der Waals surface area contributed by atoms with Crippen LogP contribution in [0.4, 0.5) is 15.0 Å². The quantitative estimate of drug-likeness (QED) is 0.290. The first-order valence-electron chi connectivity index (χ1n) is 13.9. The van der Waals surface area contributed by atoms with Crippen LogP contribution in [-0.4, -0.2) is 66.3 Å². The van der Waals surface area contributed by atoms with Crippen LogP contribution in [-0.2, 0) is 10.8 Å². The van der Waals surface area contributed by atoms with E-state index in [2.05, 4.69) is 4.98 Å². The second kappa shape index (κ2) is 11.7. The van der Waals surface area contributed by atoms with Crippen molar-refractivity contribution in [3.05, 3.63) is 74.9 Å². The lowest BCUT2D eigenvalue weighted by atomic mass is 9.97. The van der Waals surface area contributed by atoms with Crippen LogP contribution in [0, 0.1) is 12.7 Å². The molecule has 3 atom stereocenters. The molecule has 1 fully saturated rings. The summed E-state index contributed by atoms with van der Waals surface area (Å²) in [5, 5.41) is 10.3. The first-order chi connectivity index (χ1) is 20.3. The van der Waals surface area contributed by atoms with Gasteiger partial charge in [0.15, 0.2) is 5.65 Å². The van der Waals surface area contributed by atoms with Crippen molar-refractivity contribution in [1.29, 1.82) is 0 Å². The number of hydrogen-bond donors (Lipinski definition) is 1. The van der Waals surface area contributed by atoms with Gasteiger partial charge in [-0.05, 0) is 68.1 Å². The van der Waals surface area contributed by atoms with Crippen molar-refractivity contribution in [3.8, 4) is 16.9 Å². The summed E-state index contributed by atoms with van der Waals surface area (Å²) >= 11 is 6.77. The summed E-state index contributed by atoms with van der Waals surface area (Å²) in [6.07, 6.45) is 0.590. The number of hydrogen-bond acceptors (Lipinski definition) is 6. The van der Waals surface area contributed by atoms with E-state index in [9.17, 15) is 18.9 Å². The van der Waals surface area contributed by atoms with Crippen molar-refractivity contribution in [1.82, 2.24) is 19.4 Å². The SMILES string of the molecule is Cc1cc(S(C)=O)cc(C(C)C)c1-n1c(=O)nc(N2C[C@@H](C)N(C(=O)O)C[C@@H]2C)c2cc(Cl)c(-c3ccccc3F)nc21. The number of aryl methyl sites for hydroxylation is 1. The second-order valence-corrected chi connectivity index (χ2v) is 13.1. The fourth-order valence-corrected chi connectivity index (χ4v) is 6.63. The molecule has 1 N–H and O–H groups in total. The number of nitrogens with zero attached hydrogens (tertiary/aromatic N) is 5. The van der Waals surface area contributed by atoms with Crippen LogP contribution in [0.5, 0.6) is 0 Å². The number of amides is 1. The predicted molar refractivity (Wildman–Crippen MR) is 168 cm³/mol. The molecule has 226 valence electrons. The van der Waals surface area contributed by atoms with E-state index in [1.807, 2.05) is 38.7 Å². The highest BCUT2D eigenvalue weighted by atomic mass is 35.5. The molecule has 3 heterocycles. The molecule has 4 aromatic rings. The van der Waals surface area contributed by atoms with Crippen molar-refractivity contribution in [2.24, 2.45) is 0 Å². The Hall–Kier alpha value is -3.83. The fourth-order valence-electron chi connectivity index (χ4n) is 5.74. The Balaban J connectivity index is 1.87. The third-order valence-corrected chi connectivity index (χ3v) is 9.10. The van der Waals surface area contributed by atoms with Crippen molar-refractivity contribution in [3.63, 3.8) is 0 Å². The molecule has 5 rings (SSSR count). The monoisotopic (exact) mass is 625 g/mol. The van der Waals surface area contributed by atoms with Gasteiger partial charge in [0.1, 0.15) is 11.6 Å². The van der Waals surface area contributed by atoms with Crippen LogP contribution in [0.25, 0.3) is 28.0 Å². The highest BCUT2D eigenvalue weighted by molar-refractivity contribution is 7.84. The minimum atomic E-state index is -1.25. The van der Waals surface area contributed by atoms with Gasteiger partial charge in [-0.15, -0.1) is 0 Å². The van der Waals surface area contributed by atoms with Crippen molar-refractivity contribution in [2.45, 2.75) is 57.5 Å². The van der Waals surface area contributed by atoms with Gasteiger partial charge in [-0.1, -0.05) is 37.6 Å². The molecule has 0 bridgehead atoms. The van der Waals surface area contributed by atoms with Gasteiger partial charge in [0, 0.05) is 52.7 Å². The smallest absolute Gasteiger partial charge is 0.407 e. The first-order valence-corrected chi connectivity index (χ1v) is 15.9. The molecule has 0 aliphatic carbocycles. The van der Waals surface area contributed by atoms with Gasteiger partial charge >= 0.3 is 11.8 Å². The summed E-state index contributed by atoms with van der Waals surface area (Å²) in [6.45, 7) is 9.98. The highest BCUT2D eigenvalue weighted by Gasteiger charge is 2.34. The largest absolute Gasteiger partial charge is 0.465 e. The lowest BCUT2D eigenvalue weighted by Crippen LogP contribution is -2.58. The van der Waals surface area contributed by atoms with Crippen molar-refractivity contribution in [2.75, 3.05) is 24.2 Å². The van der Waals surface area contributed by atoms with E-state index in [4.69, 9.17) is 16.6 Å². The van der Waals surface area contributed by atoms with Gasteiger partial charge in [0.25, 0.3) is 0 Å². The van der Waals surface area contributed by atoms with Crippen molar-refractivity contribution < 1.29 is 18.5 Å². The minimum Gasteiger partial charge on any atom is -0.465 e. The maximum Gasteiger partial charge on any atom is 0.407 e. The number of pyridine rings is 1. The number of benzene rings is 2. The van der Waals surface area contributed by atoms with Gasteiger partial charge in [-0.25, -0.2) is 23.5 Å². The standard InChI is InChI=1S/C31H33ClFN5O4S/c1-16(2)22-12-20(43(6)42)11-17(3)27(22)38-29-23(13-24(32)26(34-29)21-9-7-8-10-25(21)33)28(35-30(38)39)36-14-19(5)37(31(40)41)15-18(36)4/h7-13,16,18-19H,14-15H2,1-6H3,(H,40,41)/t18-,19+,43?/m0/s1. The van der Waals surface area contributed by atoms with Crippen LogP contribution in [0.3, 0.4) is 0 Å². The normalized spacial score (nSPS) is 18.0. The van der Waals surface area contributed by atoms with Gasteiger partial charge in [0.05, 0.1) is 21.8 Å². The molecule has 43 heavy (non-hydrogen) atoms. The number of rotatable bonds is 5. The minimum absolute atomic E-state index is 0.0536. The molecule has 1 aliphatic rings. The molecule has 0 radical (unpaired) electrons. The third-order valence-electron chi connectivity index (χ3n) is 7.92. The zero-order valence-electron chi connectivity index (χ0n) is 24.8. The molecule has 9 nitrogen and oxygen atoms in total. The van der Waals surface area contributed by atoms with Crippen LogP contribution in [0.2, 0.25) is 5.02 Å². The maximum absolute atomic E-state index is 15.0. The highest BCUT2D eigenvalue weighted by Crippen LogP contribution is 2.37. The van der Waals surface area contributed by atoms with Gasteiger partial charge in [0.2, 0.25) is 0 Å². The fraction of sp³-hybridized carbons (Fsp3) is 0.355. The third kappa shape index (κ3) is 5.51. The summed E-state index contributed by atoms with van der Waals surface area (Å²) in [7, 11) is -1.25. The van der Waals surface area contributed by atoms with E-state index in [0.29, 0.717) is 33.9 Å². The van der Waals surface area contributed by atoms with Crippen molar-refractivity contribution >= 4 is 45.3 Å². The average Bonchev–Trinajstić information content (AvgIpc) is 2.94. The number of halogens is 2. The average molecular weight is 626 g/mol. The van der Waals surface area contributed by atoms with Crippen LogP contribution in [0.15, 0.2) is 52.2 Å². The van der Waals surface area contributed by atoms with Crippen LogP contribution < -0.4 is 10.6 Å². The zero-order chi connectivity index (χ0) is 31.3. The molecule has 12 heteroatoms. The zero-order valence-corrected chi connectivity index (χ0v) is 26.3. The Morgan fingerprint density at radius 1 is 1.12 bits per heavy atom. The number of anilines is 1. The molecule has 1 saturated heterocycles. The molecule has 1 aliphatic heterocycles. The molecule has 1 unspecified atom stereocenters. The molecular formula is C31H33ClFN5O4S. The summed E-state index contributed by atoms with van der Waals surface area (Å²) in [5.41, 5.74) is 2.02. The number of carbonyl (C=O) groups is 1. The molecule has 2 aromatic heterocycles. The Morgan fingerprint density at radius 3 is 2.44 bits per heavy atom. The summed E-state index contributed by atoms with van der Waals surface area (Å²) < 4.78 is 28.9.